The number of rotatable bonds is 5. The number of esters is 1. The fraction of sp³-hybridized carbons (Fsp3) is 0.125. The molecule has 0 aromatic heterocycles. The van der Waals surface area contributed by atoms with Crippen molar-refractivity contribution in [3.8, 4) is 0 Å². The molecule has 0 heterocycles. The Morgan fingerprint density at radius 3 is 2.35 bits per heavy atom. The predicted octanol–water partition coefficient (Wildman–Crippen LogP) is 2.31. The zero-order chi connectivity index (χ0) is 19.5. The van der Waals surface area contributed by atoms with Crippen molar-refractivity contribution in [2.45, 2.75) is 17.9 Å². The van der Waals surface area contributed by atoms with Gasteiger partial charge in [-0.1, -0.05) is 11.6 Å². The van der Waals surface area contributed by atoms with Crippen molar-refractivity contribution in [3.63, 3.8) is 0 Å². The van der Waals surface area contributed by atoms with Crippen LogP contribution in [-0.4, -0.2) is 26.4 Å². The van der Waals surface area contributed by atoms with Crippen LogP contribution >= 0.6 is 11.6 Å². The lowest BCUT2D eigenvalue weighted by Gasteiger charge is -2.14. The maximum atomic E-state index is 13.0. The molecule has 1 amide bonds. The maximum absolute atomic E-state index is 13.0. The standard InChI is InChI=1S/C16H14ClFN2O5S/c1-9(25-16(22)13-7-2-10(18)8-14(13)17)15(21)20-11-3-5-12(6-4-11)26(19,23)24/h2-9H,1H3,(H,20,21)(H2,19,23,24). The average molecular weight is 401 g/mol. The summed E-state index contributed by atoms with van der Waals surface area (Å²) in [5.41, 5.74) is 0.204. The quantitative estimate of drug-likeness (QED) is 0.747. The molecule has 3 N–H and O–H groups in total. The molecule has 26 heavy (non-hydrogen) atoms. The molecule has 1 atom stereocenters. The second kappa shape index (κ2) is 7.81. The monoisotopic (exact) mass is 400 g/mol. The Morgan fingerprint density at radius 1 is 1.19 bits per heavy atom. The molecule has 0 saturated carbocycles. The molecule has 0 bridgehead atoms. The topological polar surface area (TPSA) is 116 Å². The summed E-state index contributed by atoms with van der Waals surface area (Å²) in [4.78, 5) is 24.0. The number of sulfonamides is 1. The van der Waals surface area contributed by atoms with E-state index in [-0.39, 0.29) is 21.2 Å². The molecule has 2 aromatic carbocycles. The molecule has 0 spiro atoms. The number of hydrogen-bond donors (Lipinski definition) is 2. The number of primary sulfonamides is 1. The summed E-state index contributed by atoms with van der Waals surface area (Å²) in [6.45, 7) is 1.34. The van der Waals surface area contributed by atoms with E-state index in [1.807, 2.05) is 0 Å². The fourth-order valence-corrected chi connectivity index (χ4v) is 2.66. The Hall–Kier alpha value is -2.49. The highest BCUT2D eigenvalue weighted by atomic mass is 35.5. The van der Waals surface area contributed by atoms with Crippen LogP contribution in [0.25, 0.3) is 0 Å². The van der Waals surface area contributed by atoms with Crippen LogP contribution in [0.5, 0.6) is 0 Å². The van der Waals surface area contributed by atoms with Crippen LogP contribution in [0.3, 0.4) is 0 Å². The molecule has 0 fully saturated rings. The molecule has 1 unspecified atom stereocenters. The van der Waals surface area contributed by atoms with Crippen LogP contribution in [-0.2, 0) is 19.6 Å². The Kier molecular flexibility index (Phi) is 5.96. The van der Waals surface area contributed by atoms with Crippen LogP contribution in [0.2, 0.25) is 5.02 Å². The molecule has 2 rings (SSSR count). The van der Waals surface area contributed by atoms with Crippen molar-refractivity contribution in [1.29, 1.82) is 0 Å². The van der Waals surface area contributed by atoms with Crippen molar-refractivity contribution in [2.24, 2.45) is 5.14 Å². The highest BCUT2D eigenvalue weighted by Gasteiger charge is 2.21. The molecule has 10 heteroatoms. The summed E-state index contributed by atoms with van der Waals surface area (Å²) in [5.74, 6) is -2.15. The molecule has 138 valence electrons. The summed E-state index contributed by atoms with van der Waals surface area (Å²) < 4.78 is 40.4. The molecular formula is C16H14ClFN2O5S. The molecule has 0 aliphatic carbocycles. The Morgan fingerprint density at radius 2 is 1.81 bits per heavy atom. The van der Waals surface area contributed by atoms with Crippen LogP contribution in [0, 0.1) is 5.82 Å². The van der Waals surface area contributed by atoms with E-state index in [4.69, 9.17) is 21.5 Å². The summed E-state index contributed by atoms with van der Waals surface area (Å²) in [6.07, 6.45) is -1.18. The van der Waals surface area contributed by atoms with E-state index in [9.17, 15) is 22.4 Å². The number of nitrogens with two attached hydrogens (primary N) is 1. The Labute approximate surface area is 154 Å². The van der Waals surface area contributed by atoms with Gasteiger partial charge in [0.25, 0.3) is 5.91 Å². The van der Waals surface area contributed by atoms with E-state index in [2.05, 4.69) is 5.32 Å². The smallest absolute Gasteiger partial charge is 0.340 e. The first kappa shape index (κ1) is 19.8. The fourth-order valence-electron chi connectivity index (χ4n) is 1.90. The van der Waals surface area contributed by atoms with Gasteiger partial charge in [0.2, 0.25) is 10.0 Å². The summed E-state index contributed by atoms with van der Waals surface area (Å²) in [7, 11) is -3.84. The molecule has 0 saturated heterocycles. The maximum Gasteiger partial charge on any atom is 0.340 e. The second-order valence-electron chi connectivity index (χ2n) is 5.23. The van der Waals surface area contributed by atoms with Gasteiger partial charge in [-0.25, -0.2) is 22.7 Å². The van der Waals surface area contributed by atoms with E-state index >= 15 is 0 Å². The van der Waals surface area contributed by atoms with Crippen molar-refractivity contribution in [1.82, 2.24) is 0 Å². The largest absolute Gasteiger partial charge is 0.449 e. The van der Waals surface area contributed by atoms with Crippen molar-refractivity contribution in [3.05, 3.63) is 58.9 Å². The number of nitrogens with one attached hydrogen (secondary N) is 1. The van der Waals surface area contributed by atoms with Gasteiger partial charge in [-0.2, -0.15) is 0 Å². The molecule has 0 radical (unpaired) electrons. The van der Waals surface area contributed by atoms with Gasteiger partial charge in [-0.3, -0.25) is 4.79 Å². The Balaban J connectivity index is 2.02. The third-order valence-corrected chi connectivity index (χ3v) is 4.50. The van der Waals surface area contributed by atoms with E-state index in [1.165, 1.54) is 31.2 Å². The number of hydrogen-bond acceptors (Lipinski definition) is 5. The van der Waals surface area contributed by atoms with Gasteiger partial charge in [0.1, 0.15) is 5.82 Å². The molecular weight excluding hydrogens is 387 g/mol. The van der Waals surface area contributed by atoms with Gasteiger partial charge in [-0.15, -0.1) is 0 Å². The first-order valence-electron chi connectivity index (χ1n) is 7.17. The SMILES string of the molecule is CC(OC(=O)c1ccc(F)cc1Cl)C(=O)Nc1ccc(S(N)(=O)=O)cc1. The van der Waals surface area contributed by atoms with E-state index in [1.54, 1.807) is 0 Å². The van der Waals surface area contributed by atoms with Gasteiger partial charge in [0.05, 0.1) is 15.5 Å². The summed E-state index contributed by atoms with van der Waals surface area (Å²) >= 11 is 5.77. The summed E-state index contributed by atoms with van der Waals surface area (Å²) in [6, 6.07) is 8.26. The van der Waals surface area contributed by atoms with Crippen molar-refractivity contribution >= 4 is 39.2 Å². The lowest BCUT2D eigenvalue weighted by atomic mass is 10.2. The predicted molar refractivity (Wildman–Crippen MR) is 92.7 cm³/mol. The van der Waals surface area contributed by atoms with Crippen molar-refractivity contribution < 1.29 is 27.1 Å². The van der Waals surface area contributed by atoms with Gasteiger partial charge in [0, 0.05) is 5.69 Å². The minimum absolute atomic E-state index is 0.0785. The third-order valence-electron chi connectivity index (χ3n) is 3.25. The van der Waals surface area contributed by atoms with E-state index < -0.39 is 33.8 Å². The normalized spacial score (nSPS) is 12.3. The zero-order valence-corrected chi connectivity index (χ0v) is 15.0. The number of halogens is 2. The van der Waals surface area contributed by atoms with Crippen LogP contribution in [0.15, 0.2) is 47.4 Å². The van der Waals surface area contributed by atoms with E-state index in [0.717, 1.165) is 18.2 Å². The Bertz CT molecular complexity index is 948. The number of ether oxygens (including phenoxy) is 1. The van der Waals surface area contributed by atoms with Gasteiger partial charge < -0.3 is 10.1 Å². The first-order valence-corrected chi connectivity index (χ1v) is 9.10. The van der Waals surface area contributed by atoms with Gasteiger partial charge >= 0.3 is 5.97 Å². The minimum atomic E-state index is -3.84. The average Bonchev–Trinajstić information content (AvgIpc) is 2.54. The van der Waals surface area contributed by atoms with Crippen LogP contribution < -0.4 is 10.5 Å². The summed E-state index contributed by atoms with van der Waals surface area (Å²) in [5, 5.41) is 7.30. The minimum Gasteiger partial charge on any atom is -0.449 e. The number of amides is 1. The lowest BCUT2D eigenvalue weighted by molar-refractivity contribution is -0.123. The lowest BCUT2D eigenvalue weighted by Crippen LogP contribution is -2.30. The first-order chi connectivity index (χ1) is 12.1. The van der Waals surface area contributed by atoms with E-state index in [0.29, 0.717) is 0 Å². The molecule has 0 aliphatic rings. The van der Waals surface area contributed by atoms with Crippen LogP contribution in [0.4, 0.5) is 10.1 Å². The van der Waals surface area contributed by atoms with Crippen molar-refractivity contribution in [2.75, 3.05) is 5.32 Å². The number of benzene rings is 2. The zero-order valence-electron chi connectivity index (χ0n) is 13.4. The van der Waals surface area contributed by atoms with Gasteiger partial charge in [0.15, 0.2) is 6.10 Å². The number of anilines is 1. The molecule has 2 aromatic rings. The molecule has 7 nitrogen and oxygen atoms in total. The highest BCUT2D eigenvalue weighted by Crippen LogP contribution is 2.19. The number of carbonyl (C=O) groups excluding carboxylic acids is 2. The molecule has 0 aliphatic heterocycles. The van der Waals surface area contributed by atoms with Gasteiger partial charge in [-0.05, 0) is 49.4 Å². The number of carbonyl (C=O) groups is 2. The third kappa shape index (κ3) is 5.01. The highest BCUT2D eigenvalue weighted by molar-refractivity contribution is 7.89. The van der Waals surface area contributed by atoms with Crippen LogP contribution in [0.1, 0.15) is 17.3 Å². The second-order valence-corrected chi connectivity index (χ2v) is 7.20.